The molecule has 35 heavy (non-hydrogen) atoms. The molecule has 0 aliphatic carbocycles. The van der Waals surface area contributed by atoms with Gasteiger partial charge in [0.25, 0.3) is 5.91 Å². The minimum atomic E-state index is -0.481. The number of aromatic nitrogens is 1. The number of aromatic amines is 1. The number of benzene rings is 2. The molecule has 8 nitrogen and oxygen atoms in total. The Balaban J connectivity index is 1.70. The van der Waals surface area contributed by atoms with Crippen LogP contribution < -0.4 is 14.8 Å². The molecule has 0 atom stereocenters. The number of nitrogens with zero attached hydrogens (tertiary/aromatic N) is 1. The fourth-order valence-electron chi connectivity index (χ4n) is 3.47. The van der Waals surface area contributed by atoms with E-state index in [-0.39, 0.29) is 18.8 Å². The average molecular weight is 587 g/mol. The summed E-state index contributed by atoms with van der Waals surface area (Å²) in [6.45, 7) is 4.33. The van der Waals surface area contributed by atoms with Crippen molar-refractivity contribution in [1.29, 1.82) is 5.26 Å². The Labute approximate surface area is 217 Å². The zero-order valence-corrected chi connectivity index (χ0v) is 21.7. The van der Waals surface area contributed by atoms with Crippen molar-refractivity contribution in [3.63, 3.8) is 0 Å². The first kappa shape index (κ1) is 26.1. The number of hydrogen-bond acceptors (Lipinski definition) is 6. The lowest BCUT2D eigenvalue weighted by molar-refractivity contribution is -0.145. The Kier molecular flexibility index (Phi) is 9.55. The van der Waals surface area contributed by atoms with Crippen LogP contribution in [0, 0.1) is 14.9 Å². The molecule has 2 aromatic carbocycles. The Morgan fingerprint density at radius 1 is 1.17 bits per heavy atom. The number of rotatable bonds is 11. The van der Waals surface area contributed by atoms with Gasteiger partial charge in [-0.2, -0.15) is 5.26 Å². The zero-order valence-electron chi connectivity index (χ0n) is 19.5. The van der Waals surface area contributed by atoms with Crippen molar-refractivity contribution in [3.8, 4) is 17.6 Å². The van der Waals surface area contributed by atoms with E-state index >= 15 is 0 Å². The number of nitrogens with one attached hydrogen (secondary N) is 2. The maximum Gasteiger partial charge on any atom is 0.344 e. The Morgan fingerprint density at radius 3 is 2.71 bits per heavy atom. The van der Waals surface area contributed by atoms with Crippen LogP contribution in [0.25, 0.3) is 17.0 Å². The van der Waals surface area contributed by atoms with Crippen LogP contribution in [0.5, 0.6) is 11.5 Å². The van der Waals surface area contributed by atoms with Crippen molar-refractivity contribution in [2.75, 3.05) is 26.4 Å². The quantitative estimate of drug-likeness (QED) is 0.149. The lowest BCUT2D eigenvalue weighted by Gasteiger charge is -2.14. The molecule has 0 unspecified atom stereocenters. The van der Waals surface area contributed by atoms with E-state index in [4.69, 9.17) is 14.2 Å². The van der Waals surface area contributed by atoms with Crippen molar-refractivity contribution < 1.29 is 23.8 Å². The highest BCUT2D eigenvalue weighted by Crippen LogP contribution is 2.35. The van der Waals surface area contributed by atoms with Gasteiger partial charge in [-0.05, 0) is 78.3 Å². The molecular weight excluding hydrogens is 561 g/mol. The van der Waals surface area contributed by atoms with Crippen LogP contribution in [0.3, 0.4) is 0 Å². The van der Waals surface area contributed by atoms with Crippen LogP contribution in [-0.4, -0.2) is 43.2 Å². The number of amides is 1. The Morgan fingerprint density at radius 2 is 1.97 bits per heavy atom. The van der Waals surface area contributed by atoms with E-state index in [0.717, 1.165) is 16.5 Å². The molecule has 1 heterocycles. The van der Waals surface area contributed by atoms with Gasteiger partial charge in [0.05, 0.1) is 16.8 Å². The summed E-state index contributed by atoms with van der Waals surface area (Å²) >= 11 is 2.06. The molecule has 3 rings (SSSR count). The van der Waals surface area contributed by atoms with Crippen molar-refractivity contribution in [3.05, 3.63) is 62.9 Å². The van der Waals surface area contributed by atoms with E-state index in [1.54, 1.807) is 19.1 Å². The SMILES string of the molecule is CCOC(=O)COc1c(I)cc(/C=C(/C#N)C(=O)NCCc2c[nH]c3ccccc23)cc1OCC. The van der Waals surface area contributed by atoms with E-state index in [1.807, 2.05) is 43.5 Å². The second-order valence-electron chi connectivity index (χ2n) is 7.39. The number of ether oxygens (including phenoxy) is 3. The molecule has 0 bridgehead atoms. The Hall–Kier alpha value is -3.52. The van der Waals surface area contributed by atoms with Crippen LogP contribution in [0.4, 0.5) is 0 Å². The van der Waals surface area contributed by atoms with E-state index in [1.165, 1.54) is 6.08 Å². The van der Waals surface area contributed by atoms with Crippen molar-refractivity contribution >= 4 is 51.4 Å². The van der Waals surface area contributed by atoms with Gasteiger partial charge in [-0.25, -0.2) is 4.79 Å². The third-order valence-electron chi connectivity index (χ3n) is 5.00. The number of carbonyl (C=O) groups excluding carboxylic acids is 2. The van der Waals surface area contributed by atoms with Crippen LogP contribution in [0.1, 0.15) is 25.0 Å². The number of hydrogen-bond donors (Lipinski definition) is 2. The molecule has 1 amide bonds. The van der Waals surface area contributed by atoms with Gasteiger partial charge in [-0.3, -0.25) is 4.79 Å². The van der Waals surface area contributed by atoms with Crippen LogP contribution in [-0.2, 0) is 20.7 Å². The molecule has 0 fully saturated rings. The standard InChI is InChI=1S/C26H26IN3O5/c1-3-33-23-13-17(12-21(27)25(23)35-16-24(31)34-4-2)11-19(14-28)26(32)29-10-9-18-15-30-22-8-6-5-7-20(18)22/h5-8,11-13,15,30H,3-4,9-10,16H2,1-2H3,(H,29,32)/b19-11-. The van der Waals surface area contributed by atoms with E-state index in [9.17, 15) is 14.9 Å². The van der Waals surface area contributed by atoms with Gasteiger partial charge in [-0.15, -0.1) is 0 Å². The minimum absolute atomic E-state index is 0.0256. The van der Waals surface area contributed by atoms with Gasteiger partial charge >= 0.3 is 5.97 Å². The summed E-state index contributed by atoms with van der Waals surface area (Å²) in [5.74, 6) is -0.125. The number of para-hydroxylation sites is 1. The van der Waals surface area contributed by atoms with E-state index in [2.05, 4.69) is 32.9 Å². The largest absolute Gasteiger partial charge is 0.490 e. The lowest BCUT2D eigenvalue weighted by atomic mass is 10.1. The minimum Gasteiger partial charge on any atom is -0.490 e. The van der Waals surface area contributed by atoms with Gasteiger partial charge in [0.2, 0.25) is 0 Å². The summed E-state index contributed by atoms with van der Waals surface area (Å²) in [6, 6.07) is 13.4. The molecular formula is C26H26IN3O5. The van der Waals surface area contributed by atoms with Gasteiger partial charge in [0, 0.05) is 23.6 Å². The van der Waals surface area contributed by atoms with E-state index in [0.29, 0.717) is 40.2 Å². The summed E-state index contributed by atoms with van der Waals surface area (Å²) < 4.78 is 16.8. The number of esters is 1. The van der Waals surface area contributed by atoms with Crippen molar-refractivity contribution in [2.45, 2.75) is 20.3 Å². The molecule has 182 valence electrons. The lowest BCUT2D eigenvalue weighted by Crippen LogP contribution is -2.26. The highest BCUT2D eigenvalue weighted by Gasteiger charge is 2.16. The van der Waals surface area contributed by atoms with Gasteiger partial charge in [0.15, 0.2) is 18.1 Å². The summed E-state index contributed by atoms with van der Waals surface area (Å²) in [7, 11) is 0. The second-order valence-corrected chi connectivity index (χ2v) is 8.55. The normalized spacial score (nSPS) is 11.1. The number of nitriles is 1. The molecule has 9 heteroatoms. The summed E-state index contributed by atoms with van der Waals surface area (Å²) in [4.78, 5) is 27.5. The molecule has 1 aromatic heterocycles. The number of halogens is 1. The molecule has 0 aliphatic rings. The molecule has 0 spiro atoms. The number of H-pyrrole nitrogens is 1. The average Bonchev–Trinajstić information content (AvgIpc) is 3.25. The third kappa shape index (κ3) is 6.99. The monoisotopic (exact) mass is 587 g/mol. The molecule has 0 saturated heterocycles. The molecule has 2 N–H and O–H groups in total. The van der Waals surface area contributed by atoms with Crippen LogP contribution in [0.15, 0.2) is 48.2 Å². The van der Waals surface area contributed by atoms with Crippen LogP contribution in [0.2, 0.25) is 0 Å². The van der Waals surface area contributed by atoms with Gasteiger partial charge < -0.3 is 24.5 Å². The zero-order chi connectivity index (χ0) is 25.2. The number of carbonyl (C=O) groups is 2. The highest BCUT2D eigenvalue weighted by atomic mass is 127. The maximum absolute atomic E-state index is 12.7. The van der Waals surface area contributed by atoms with Gasteiger partial charge in [0.1, 0.15) is 11.6 Å². The predicted octanol–water partition coefficient (Wildman–Crippen LogP) is 4.38. The first-order chi connectivity index (χ1) is 17.0. The fourth-order valence-corrected chi connectivity index (χ4v) is 4.25. The third-order valence-corrected chi connectivity index (χ3v) is 5.80. The predicted molar refractivity (Wildman–Crippen MR) is 141 cm³/mol. The maximum atomic E-state index is 12.7. The molecule has 3 aromatic rings. The fraction of sp³-hybridized carbons (Fsp3) is 0.269. The van der Waals surface area contributed by atoms with Crippen molar-refractivity contribution in [2.24, 2.45) is 0 Å². The molecule has 0 saturated carbocycles. The first-order valence-electron chi connectivity index (χ1n) is 11.2. The Bertz CT molecular complexity index is 1280. The highest BCUT2D eigenvalue weighted by molar-refractivity contribution is 14.1. The van der Waals surface area contributed by atoms with Gasteiger partial charge in [-0.1, -0.05) is 18.2 Å². The van der Waals surface area contributed by atoms with Crippen molar-refractivity contribution in [1.82, 2.24) is 10.3 Å². The van der Waals surface area contributed by atoms with Crippen LogP contribution >= 0.6 is 22.6 Å². The molecule has 0 radical (unpaired) electrons. The number of fused-ring (bicyclic) bond motifs is 1. The smallest absolute Gasteiger partial charge is 0.344 e. The van der Waals surface area contributed by atoms with E-state index < -0.39 is 11.9 Å². The second kappa shape index (κ2) is 12.8. The first-order valence-corrected chi connectivity index (χ1v) is 12.2. The topological polar surface area (TPSA) is 113 Å². The summed E-state index contributed by atoms with van der Waals surface area (Å²) in [5.41, 5.74) is 2.71. The molecule has 0 aliphatic heterocycles. The summed E-state index contributed by atoms with van der Waals surface area (Å²) in [5, 5.41) is 13.5. The summed E-state index contributed by atoms with van der Waals surface area (Å²) in [6.07, 6.45) is 4.06.